The number of ether oxygens (including phenoxy) is 1. The Morgan fingerprint density at radius 3 is 1.96 bits per heavy atom. The molecule has 3 aliphatic carbocycles. The van der Waals surface area contributed by atoms with Gasteiger partial charge in [-0.3, -0.25) is 0 Å². The Morgan fingerprint density at radius 1 is 0.840 bits per heavy atom. The molecule has 25 heavy (non-hydrogen) atoms. The van der Waals surface area contributed by atoms with E-state index in [0.717, 1.165) is 36.8 Å². The van der Waals surface area contributed by atoms with E-state index in [1.165, 1.54) is 11.1 Å². The molecule has 2 aromatic carbocycles. The van der Waals surface area contributed by atoms with Gasteiger partial charge in [0.15, 0.2) is 0 Å². The van der Waals surface area contributed by atoms with Crippen LogP contribution >= 0.6 is 0 Å². The van der Waals surface area contributed by atoms with E-state index in [9.17, 15) is 0 Å². The van der Waals surface area contributed by atoms with E-state index in [-0.39, 0.29) is 5.83 Å². The summed E-state index contributed by atoms with van der Waals surface area (Å²) in [5, 5.41) is 0. The first-order valence-electron chi connectivity index (χ1n) is 9.17. The number of fused-ring (bicyclic) bond motifs is 2. The minimum atomic E-state index is -0.429. The normalized spacial score (nSPS) is 28.0. The maximum absolute atomic E-state index is 15.1. The van der Waals surface area contributed by atoms with Crippen molar-refractivity contribution in [3.8, 4) is 0 Å². The smallest absolute Gasteiger partial charge is 0.109 e. The molecule has 1 saturated carbocycles. The van der Waals surface area contributed by atoms with Crippen LogP contribution in [0.15, 0.2) is 60.4 Å². The van der Waals surface area contributed by atoms with Gasteiger partial charge in [-0.2, -0.15) is 0 Å². The Labute approximate surface area is 149 Å². The van der Waals surface area contributed by atoms with E-state index in [1.807, 2.05) is 0 Å². The topological polar surface area (TPSA) is 9.23 Å². The fraction of sp³-hybridized carbons (Fsp3) is 0.391. The van der Waals surface area contributed by atoms with E-state index in [0.29, 0.717) is 6.61 Å². The van der Waals surface area contributed by atoms with Crippen molar-refractivity contribution < 1.29 is 9.13 Å². The third-order valence-electron chi connectivity index (χ3n) is 6.05. The zero-order valence-corrected chi connectivity index (χ0v) is 15.0. The van der Waals surface area contributed by atoms with Gasteiger partial charge in [-0.05, 0) is 56.7 Å². The van der Waals surface area contributed by atoms with E-state index in [2.05, 4.69) is 62.4 Å². The van der Waals surface area contributed by atoms with Gasteiger partial charge in [0.25, 0.3) is 0 Å². The molecule has 2 aromatic rings. The van der Waals surface area contributed by atoms with Crippen molar-refractivity contribution >= 4 is 0 Å². The van der Waals surface area contributed by atoms with Crippen LogP contribution in [-0.4, -0.2) is 5.60 Å². The summed E-state index contributed by atoms with van der Waals surface area (Å²) in [6.07, 6.45) is 5.20. The second kappa shape index (κ2) is 6.10. The molecule has 0 amide bonds. The number of allylic oxidation sites excluding steroid dienone is 1. The average Bonchev–Trinajstić information content (AvgIpc) is 2.63. The van der Waals surface area contributed by atoms with Gasteiger partial charge in [0.1, 0.15) is 5.83 Å². The van der Waals surface area contributed by atoms with Crippen molar-refractivity contribution in [1.82, 2.24) is 0 Å². The zero-order chi connectivity index (χ0) is 17.5. The lowest BCUT2D eigenvalue weighted by Gasteiger charge is -2.49. The Balaban J connectivity index is 1.55. The predicted molar refractivity (Wildman–Crippen MR) is 99.2 cm³/mol. The molecule has 1 fully saturated rings. The Morgan fingerprint density at radius 2 is 1.40 bits per heavy atom. The van der Waals surface area contributed by atoms with Crippen molar-refractivity contribution in [1.29, 1.82) is 0 Å². The van der Waals surface area contributed by atoms with Gasteiger partial charge < -0.3 is 4.74 Å². The number of aryl methyl sites for hydroxylation is 2. The second-order valence-electron chi connectivity index (χ2n) is 7.78. The van der Waals surface area contributed by atoms with E-state index < -0.39 is 11.0 Å². The molecule has 1 nitrogen and oxygen atoms in total. The molecule has 0 heterocycles. The lowest BCUT2D eigenvalue weighted by molar-refractivity contribution is -0.0689. The Kier molecular flexibility index (Phi) is 4.04. The molecule has 0 saturated heterocycles. The highest BCUT2D eigenvalue weighted by Crippen LogP contribution is 2.55. The molecule has 0 atom stereocenters. The van der Waals surface area contributed by atoms with Gasteiger partial charge >= 0.3 is 0 Å². The fourth-order valence-electron chi connectivity index (χ4n) is 4.25. The highest BCUT2D eigenvalue weighted by Gasteiger charge is 2.51. The Bertz CT molecular complexity index is 778. The SMILES string of the molecule is Cc1ccc(COC23C=C(F)C(c4ccc(C)cc4)(CC2)CC3)cc1. The highest BCUT2D eigenvalue weighted by molar-refractivity contribution is 5.41. The minimum absolute atomic E-state index is 0.00207. The van der Waals surface area contributed by atoms with Gasteiger partial charge in [-0.1, -0.05) is 59.7 Å². The summed E-state index contributed by atoms with van der Waals surface area (Å²) in [4.78, 5) is 0. The van der Waals surface area contributed by atoms with E-state index in [4.69, 9.17) is 4.74 Å². The molecule has 0 unspecified atom stereocenters. The minimum Gasteiger partial charge on any atom is -0.366 e. The molecule has 2 bridgehead atoms. The van der Waals surface area contributed by atoms with Crippen LogP contribution in [0.4, 0.5) is 4.39 Å². The lowest BCUT2D eigenvalue weighted by Crippen LogP contribution is -2.47. The van der Waals surface area contributed by atoms with Crippen LogP contribution in [0.5, 0.6) is 0 Å². The van der Waals surface area contributed by atoms with Gasteiger partial charge in [0.05, 0.1) is 12.2 Å². The number of rotatable bonds is 4. The van der Waals surface area contributed by atoms with Crippen LogP contribution in [0.25, 0.3) is 0 Å². The van der Waals surface area contributed by atoms with Crippen LogP contribution in [0.2, 0.25) is 0 Å². The molecule has 0 spiro atoms. The maximum atomic E-state index is 15.1. The monoisotopic (exact) mass is 336 g/mol. The molecule has 0 N–H and O–H groups in total. The predicted octanol–water partition coefficient (Wildman–Crippen LogP) is 5.94. The quantitative estimate of drug-likeness (QED) is 0.671. The molecule has 0 radical (unpaired) electrons. The summed E-state index contributed by atoms with van der Waals surface area (Å²) in [6.45, 7) is 4.69. The molecule has 0 aromatic heterocycles. The standard InChI is InChI=1S/C23H25FO/c1-17-3-7-19(8-4-17)16-25-22-11-13-23(14-12-22,21(24)15-22)20-9-5-18(2)6-10-20/h3-10,15H,11-14,16H2,1-2H3. The molecule has 5 rings (SSSR count). The molecule has 0 aliphatic heterocycles. The number of hydrogen-bond acceptors (Lipinski definition) is 1. The third-order valence-corrected chi connectivity index (χ3v) is 6.05. The van der Waals surface area contributed by atoms with E-state index in [1.54, 1.807) is 6.08 Å². The first-order valence-corrected chi connectivity index (χ1v) is 9.17. The molecule has 2 heteroatoms. The first kappa shape index (κ1) is 16.5. The number of hydrogen-bond donors (Lipinski definition) is 0. The van der Waals surface area contributed by atoms with Crippen molar-refractivity contribution in [3.63, 3.8) is 0 Å². The van der Waals surface area contributed by atoms with Gasteiger partial charge in [0.2, 0.25) is 0 Å². The van der Waals surface area contributed by atoms with Gasteiger partial charge in [-0.15, -0.1) is 0 Å². The second-order valence-corrected chi connectivity index (χ2v) is 7.78. The van der Waals surface area contributed by atoms with Gasteiger partial charge in [-0.25, -0.2) is 4.39 Å². The number of halogens is 1. The van der Waals surface area contributed by atoms with Crippen LogP contribution in [-0.2, 0) is 16.8 Å². The van der Waals surface area contributed by atoms with Crippen LogP contribution in [0.1, 0.15) is 47.9 Å². The zero-order valence-electron chi connectivity index (χ0n) is 15.0. The lowest BCUT2D eigenvalue weighted by atomic mass is 9.59. The maximum Gasteiger partial charge on any atom is 0.109 e. The molecular formula is C23H25FO. The van der Waals surface area contributed by atoms with E-state index >= 15 is 4.39 Å². The summed E-state index contributed by atoms with van der Waals surface area (Å²) in [5.74, 6) is -0.00207. The van der Waals surface area contributed by atoms with Crippen molar-refractivity contribution in [3.05, 3.63) is 82.7 Å². The van der Waals surface area contributed by atoms with Crippen molar-refractivity contribution in [2.75, 3.05) is 0 Å². The summed E-state index contributed by atoms with van der Waals surface area (Å²) < 4.78 is 21.4. The highest BCUT2D eigenvalue weighted by atomic mass is 19.1. The average molecular weight is 336 g/mol. The van der Waals surface area contributed by atoms with Crippen LogP contribution in [0.3, 0.4) is 0 Å². The summed E-state index contributed by atoms with van der Waals surface area (Å²) in [5.41, 5.74) is 3.86. The largest absolute Gasteiger partial charge is 0.366 e. The van der Waals surface area contributed by atoms with Gasteiger partial charge in [0, 0.05) is 5.41 Å². The molecule has 130 valence electrons. The summed E-state index contributed by atoms with van der Waals surface area (Å²) in [7, 11) is 0. The van der Waals surface area contributed by atoms with Crippen LogP contribution in [0, 0.1) is 13.8 Å². The third kappa shape index (κ3) is 2.93. The first-order chi connectivity index (χ1) is 12.0. The summed E-state index contributed by atoms with van der Waals surface area (Å²) >= 11 is 0. The van der Waals surface area contributed by atoms with Crippen molar-refractivity contribution in [2.45, 2.75) is 57.2 Å². The molecular weight excluding hydrogens is 311 g/mol. The summed E-state index contributed by atoms with van der Waals surface area (Å²) in [6, 6.07) is 16.7. The van der Waals surface area contributed by atoms with Crippen molar-refractivity contribution in [2.24, 2.45) is 0 Å². The fourth-order valence-corrected chi connectivity index (χ4v) is 4.25. The molecule has 3 aliphatic rings. The van der Waals surface area contributed by atoms with Crippen LogP contribution < -0.4 is 0 Å². The number of benzene rings is 2. The Hall–Kier alpha value is -1.93.